The summed E-state index contributed by atoms with van der Waals surface area (Å²) >= 11 is 0. The van der Waals surface area contributed by atoms with Gasteiger partial charge in [0.15, 0.2) is 5.82 Å². The van der Waals surface area contributed by atoms with Crippen LogP contribution in [0.2, 0.25) is 0 Å². The van der Waals surface area contributed by atoms with Crippen LogP contribution < -0.4 is 5.32 Å². The fraction of sp³-hybridized carbons (Fsp3) is 0.857. The SMILES string of the molecule is CCCc1nc(COC2CCC(NCC)CC2)no1. The van der Waals surface area contributed by atoms with Gasteiger partial charge < -0.3 is 14.6 Å². The van der Waals surface area contributed by atoms with E-state index >= 15 is 0 Å². The van der Waals surface area contributed by atoms with E-state index in [0.717, 1.165) is 38.1 Å². The van der Waals surface area contributed by atoms with Crippen molar-refractivity contribution in [1.82, 2.24) is 15.5 Å². The van der Waals surface area contributed by atoms with Crippen LogP contribution in [0.25, 0.3) is 0 Å². The van der Waals surface area contributed by atoms with Crippen LogP contribution in [0.3, 0.4) is 0 Å². The lowest BCUT2D eigenvalue weighted by atomic mass is 9.93. The molecule has 5 nitrogen and oxygen atoms in total. The molecule has 0 aliphatic heterocycles. The van der Waals surface area contributed by atoms with E-state index in [2.05, 4.69) is 29.3 Å². The van der Waals surface area contributed by atoms with Crippen molar-refractivity contribution >= 4 is 0 Å². The molecule has 0 aromatic carbocycles. The van der Waals surface area contributed by atoms with Gasteiger partial charge in [0.2, 0.25) is 5.89 Å². The highest BCUT2D eigenvalue weighted by atomic mass is 16.5. The Morgan fingerprint density at radius 1 is 1.26 bits per heavy atom. The second-order valence-corrected chi connectivity index (χ2v) is 5.20. The lowest BCUT2D eigenvalue weighted by Gasteiger charge is -2.28. The molecule has 1 aliphatic rings. The van der Waals surface area contributed by atoms with E-state index in [4.69, 9.17) is 9.26 Å². The Morgan fingerprint density at radius 2 is 2.05 bits per heavy atom. The van der Waals surface area contributed by atoms with E-state index in [1.165, 1.54) is 12.8 Å². The van der Waals surface area contributed by atoms with Crippen molar-refractivity contribution < 1.29 is 9.26 Å². The van der Waals surface area contributed by atoms with E-state index in [1.807, 2.05) is 0 Å². The molecule has 1 fully saturated rings. The van der Waals surface area contributed by atoms with Gasteiger partial charge in [-0.2, -0.15) is 4.98 Å². The maximum Gasteiger partial charge on any atom is 0.226 e. The Labute approximate surface area is 115 Å². The van der Waals surface area contributed by atoms with Crippen molar-refractivity contribution in [2.75, 3.05) is 6.54 Å². The molecule has 1 aliphatic carbocycles. The predicted octanol–water partition coefficient (Wildman–Crippen LogP) is 2.46. The molecule has 0 spiro atoms. The molecule has 1 aromatic rings. The largest absolute Gasteiger partial charge is 0.370 e. The van der Waals surface area contributed by atoms with Crippen LogP contribution in [0, 0.1) is 0 Å². The molecular weight excluding hydrogens is 242 g/mol. The number of aryl methyl sites for hydroxylation is 1. The second-order valence-electron chi connectivity index (χ2n) is 5.20. The van der Waals surface area contributed by atoms with E-state index < -0.39 is 0 Å². The molecule has 0 saturated heterocycles. The molecule has 108 valence electrons. The quantitative estimate of drug-likeness (QED) is 0.822. The van der Waals surface area contributed by atoms with Crippen molar-refractivity contribution in [3.05, 3.63) is 11.7 Å². The molecule has 1 N–H and O–H groups in total. The van der Waals surface area contributed by atoms with Crippen molar-refractivity contribution in [1.29, 1.82) is 0 Å². The monoisotopic (exact) mass is 267 g/mol. The summed E-state index contributed by atoms with van der Waals surface area (Å²) in [5.41, 5.74) is 0. The van der Waals surface area contributed by atoms with Crippen LogP contribution in [0.5, 0.6) is 0 Å². The summed E-state index contributed by atoms with van der Waals surface area (Å²) in [6, 6.07) is 0.672. The number of rotatable bonds is 7. The molecule has 1 aromatic heterocycles. The third-order valence-electron chi connectivity index (χ3n) is 3.59. The number of ether oxygens (including phenoxy) is 1. The van der Waals surface area contributed by atoms with E-state index in [9.17, 15) is 0 Å². The van der Waals surface area contributed by atoms with Crippen molar-refractivity contribution in [2.45, 2.75) is 71.1 Å². The summed E-state index contributed by atoms with van der Waals surface area (Å²) in [4.78, 5) is 4.31. The summed E-state index contributed by atoms with van der Waals surface area (Å²) < 4.78 is 11.0. The van der Waals surface area contributed by atoms with E-state index in [-0.39, 0.29) is 0 Å². The first kappa shape index (κ1) is 14.5. The second kappa shape index (κ2) is 7.60. The third-order valence-corrected chi connectivity index (χ3v) is 3.59. The van der Waals surface area contributed by atoms with Crippen LogP contribution in [0.4, 0.5) is 0 Å². The zero-order valence-corrected chi connectivity index (χ0v) is 12.0. The Bertz CT molecular complexity index is 359. The minimum absolute atomic E-state index is 0.350. The maximum atomic E-state index is 5.87. The molecule has 1 saturated carbocycles. The van der Waals surface area contributed by atoms with Gasteiger partial charge in [-0.3, -0.25) is 0 Å². The first-order valence-corrected chi connectivity index (χ1v) is 7.48. The van der Waals surface area contributed by atoms with Gasteiger partial charge in [-0.25, -0.2) is 0 Å². The average molecular weight is 267 g/mol. The van der Waals surface area contributed by atoms with Crippen molar-refractivity contribution in [3.8, 4) is 0 Å². The van der Waals surface area contributed by atoms with Gasteiger partial charge in [-0.15, -0.1) is 0 Å². The summed E-state index contributed by atoms with van der Waals surface area (Å²) in [6.45, 7) is 5.79. The number of nitrogens with one attached hydrogen (secondary N) is 1. The summed E-state index contributed by atoms with van der Waals surface area (Å²) in [6.07, 6.45) is 6.87. The van der Waals surface area contributed by atoms with Gasteiger partial charge in [-0.1, -0.05) is 19.0 Å². The number of nitrogens with zero attached hydrogens (tertiary/aromatic N) is 2. The van der Waals surface area contributed by atoms with E-state index in [0.29, 0.717) is 24.6 Å². The van der Waals surface area contributed by atoms with Gasteiger partial charge in [0, 0.05) is 12.5 Å². The number of hydrogen-bond donors (Lipinski definition) is 1. The van der Waals surface area contributed by atoms with Gasteiger partial charge >= 0.3 is 0 Å². The van der Waals surface area contributed by atoms with Crippen LogP contribution in [-0.2, 0) is 17.8 Å². The first-order valence-electron chi connectivity index (χ1n) is 7.48. The molecule has 2 rings (SSSR count). The molecule has 0 unspecified atom stereocenters. The molecule has 0 atom stereocenters. The zero-order chi connectivity index (χ0) is 13.5. The minimum Gasteiger partial charge on any atom is -0.370 e. The van der Waals surface area contributed by atoms with Gasteiger partial charge in [0.1, 0.15) is 6.61 Å². The van der Waals surface area contributed by atoms with Crippen molar-refractivity contribution in [3.63, 3.8) is 0 Å². The molecule has 0 bridgehead atoms. The maximum absolute atomic E-state index is 5.87. The average Bonchev–Trinajstić information content (AvgIpc) is 2.87. The summed E-state index contributed by atoms with van der Waals surface area (Å²) in [5.74, 6) is 1.40. The van der Waals surface area contributed by atoms with Crippen LogP contribution in [-0.4, -0.2) is 28.8 Å². The van der Waals surface area contributed by atoms with Gasteiger partial charge in [0.05, 0.1) is 6.10 Å². The fourth-order valence-corrected chi connectivity index (χ4v) is 2.58. The Hall–Kier alpha value is -0.940. The zero-order valence-electron chi connectivity index (χ0n) is 12.0. The highest BCUT2D eigenvalue weighted by Gasteiger charge is 2.21. The molecule has 19 heavy (non-hydrogen) atoms. The lowest BCUT2D eigenvalue weighted by molar-refractivity contribution is 0.00755. The number of aromatic nitrogens is 2. The molecule has 0 radical (unpaired) electrons. The minimum atomic E-state index is 0.350. The van der Waals surface area contributed by atoms with Gasteiger partial charge in [-0.05, 0) is 38.6 Å². The van der Waals surface area contributed by atoms with Crippen LogP contribution in [0.15, 0.2) is 4.52 Å². The molecule has 5 heteroatoms. The molecule has 0 amide bonds. The molecule has 1 heterocycles. The van der Waals surface area contributed by atoms with Gasteiger partial charge in [0.25, 0.3) is 0 Å². The van der Waals surface area contributed by atoms with Crippen molar-refractivity contribution in [2.24, 2.45) is 0 Å². The normalized spacial score (nSPS) is 23.7. The van der Waals surface area contributed by atoms with E-state index in [1.54, 1.807) is 0 Å². The predicted molar refractivity (Wildman–Crippen MR) is 72.8 cm³/mol. The van der Waals surface area contributed by atoms with Crippen LogP contribution in [0.1, 0.15) is 57.7 Å². The number of hydrogen-bond acceptors (Lipinski definition) is 5. The summed E-state index contributed by atoms with van der Waals surface area (Å²) in [5, 5.41) is 7.44. The highest BCUT2D eigenvalue weighted by Crippen LogP contribution is 2.21. The third kappa shape index (κ3) is 4.58. The van der Waals surface area contributed by atoms with Crippen LogP contribution >= 0.6 is 0 Å². The Balaban J connectivity index is 1.68. The lowest BCUT2D eigenvalue weighted by Crippen LogP contribution is -2.35. The smallest absolute Gasteiger partial charge is 0.226 e. The topological polar surface area (TPSA) is 60.2 Å². The standard InChI is InChI=1S/C14H25N3O2/c1-3-5-14-16-13(17-19-14)10-18-12-8-6-11(7-9-12)15-4-2/h11-12,15H,3-10H2,1-2H3. The highest BCUT2D eigenvalue weighted by molar-refractivity contribution is 4.85. The Kier molecular flexibility index (Phi) is 5.79. The molecular formula is C14H25N3O2. The first-order chi connectivity index (χ1) is 9.31. The Morgan fingerprint density at radius 3 is 2.74 bits per heavy atom. The fourth-order valence-electron chi connectivity index (χ4n) is 2.58. The summed E-state index contributed by atoms with van der Waals surface area (Å²) in [7, 11) is 0.